The highest BCUT2D eigenvalue weighted by Gasteiger charge is 2.10. The van der Waals surface area contributed by atoms with E-state index in [0.29, 0.717) is 18.2 Å². The predicted molar refractivity (Wildman–Crippen MR) is 104 cm³/mol. The first kappa shape index (κ1) is 16.7. The Morgan fingerprint density at radius 1 is 0.741 bits per heavy atom. The number of amides is 1. The SMILES string of the molecule is O=C(Cc1ccccc1)Nc1ccc(-c2nnc(-c3ccccc3)o2)cc1. The van der Waals surface area contributed by atoms with Gasteiger partial charge in [-0.05, 0) is 42.0 Å². The summed E-state index contributed by atoms with van der Waals surface area (Å²) < 4.78 is 5.75. The maximum Gasteiger partial charge on any atom is 0.248 e. The van der Waals surface area contributed by atoms with Gasteiger partial charge in [0.15, 0.2) is 0 Å². The Balaban J connectivity index is 1.43. The van der Waals surface area contributed by atoms with Crippen molar-refractivity contribution in [3.63, 3.8) is 0 Å². The third kappa shape index (κ3) is 4.10. The van der Waals surface area contributed by atoms with Crippen molar-refractivity contribution in [2.75, 3.05) is 5.32 Å². The monoisotopic (exact) mass is 355 g/mol. The Hall–Kier alpha value is -3.73. The first-order valence-electron chi connectivity index (χ1n) is 8.61. The van der Waals surface area contributed by atoms with Crippen molar-refractivity contribution >= 4 is 11.6 Å². The van der Waals surface area contributed by atoms with Crippen LogP contribution < -0.4 is 5.32 Å². The van der Waals surface area contributed by atoms with Crippen molar-refractivity contribution in [3.05, 3.63) is 90.5 Å². The first-order valence-corrected chi connectivity index (χ1v) is 8.61. The molecule has 132 valence electrons. The van der Waals surface area contributed by atoms with Gasteiger partial charge in [-0.15, -0.1) is 10.2 Å². The number of carbonyl (C=O) groups excluding carboxylic acids is 1. The zero-order valence-electron chi connectivity index (χ0n) is 14.5. The second kappa shape index (κ2) is 7.66. The molecule has 1 amide bonds. The number of nitrogens with zero attached hydrogens (tertiary/aromatic N) is 2. The van der Waals surface area contributed by atoms with Gasteiger partial charge in [0.25, 0.3) is 0 Å². The Labute approximate surface area is 156 Å². The number of carbonyl (C=O) groups is 1. The van der Waals surface area contributed by atoms with E-state index < -0.39 is 0 Å². The van der Waals surface area contributed by atoms with Gasteiger partial charge in [0.05, 0.1) is 6.42 Å². The lowest BCUT2D eigenvalue weighted by atomic mass is 10.1. The second-order valence-corrected chi connectivity index (χ2v) is 6.07. The maximum absolute atomic E-state index is 12.1. The van der Waals surface area contributed by atoms with Crippen LogP contribution in [-0.2, 0) is 11.2 Å². The van der Waals surface area contributed by atoms with Gasteiger partial charge in [-0.3, -0.25) is 4.79 Å². The molecule has 1 aromatic heterocycles. The standard InChI is InChI=1S/C22H17N3O2/c26-20(15-16-7-3-1-4-8-16)23-19-13-11-18(12-14-19)22-25-24-21(27-22)17-9-5-2-6-10-17/h1-14H,15H2,(H,23,26). The fraction of sp³-hybridized carbons (Fsp3) is 0.0455. The number of benzene rings is 3. The van der Waals surface area contributed by atoms with E-state index in [2.05, 4.69) is 15.5 Å². The third-order valence-electron chi connectivity index (χ3n) is 4.07. The molecule has 0 atom stereocenters. The number of hydrogen-bond donors (Lipinski definition) is 1. The lowest BCUT2D eigenvalue weighted by Gasteiger charge is -2.05. The highest BCUT2D eigenvalue weighted by atomic mass is 16.4. The summed E-state index contributed by atoms with van der Waals surface area (Å²) in [5, 5.41) is 11.1. The van der Waals surface area contributed by atoms with E-state index in [9.17, 15) is 4.79 Å². The van der Waals surface area contributed by atoms with Gasteiger partial charge in [0, 0.05) is 16.8 Å². The van der Waals surface area contributed by atoms with Crippen molar-refractivity contribution in [2.24, 2.45) is 0 Å². The average Bonchev–Trinajstić information content (AvgIpc) is 3.20. The smallest absolute Gasteiger partial charge is 0.248 e. The van der Waals surface area contributed by atoms with Crippen molar-refractivity contribution < 1.29 is 9.21 Å². The lowest BCUT2D eigenvalue weighted by Crippen LogP contribution is -2.14. The molecule has 3 aromatic carbocycles. The van der Waals surface area contributed by atoms with Crippen LogP contribution in [0.1, 0.15) is 5.56 Å². The molecule has 0 fully saturated rings. The van der Waals surface area contributed by atoms with Crippen molar-refractivity contribution in [1.82, 2.24) is 10.2 Å². The number of aromatic nitrogens is 2. The summed E-state index contributed by atoms with van der Waals surface area (Å²) in [5.74, 6) is 0.861. The summed E-state index contributed by atoms with van der Waals surface area (Å²) in [6.45, 7) is 0. The third-order valence-corrected chi connectivity index (χ3v) is 4.07. The number of anilines is 1. The zero-order valence-corrected chi connectivity index (χ0v) is 14.5. The van der Waals surface area contributed by atoms with Crippen LogP contribution >= 0.6 is 0 Å². The first-order chi connectivity index (χ1) is 13.3. The topological polar surface area (TPSA) is 68.0 Å². The minimum atomic E-state index is -0.0573. The van der Waals surface area contributed by atoms with Gasteiger partial charge in [-0.1, -0.05) is 48.5 Å². The molecule has 1 N–H and O–H groups in total. The Kier molecular flexibility index (Phi) is 4.74. The van der Waals surface area contributed by atoms with Crippen LogP contribution in [0.2, 0.25) is 0 Å². The molecular formula is C22H17N3O2. The van der Waals surface area contributed by atoms with Gasteiger partial charge in [0.1, 0.15) is 0 Å². The van der Waals surface area contributed by atoms with Gasteiger partial charge < -0.3 is 9.73 Å². The van der Waals surface area contributed by atoms with Gasteiger partial charge in [-0.2, -0.15) is 0 Å². The van der Waals surface area contributed by atoms with E-state index in [-0.39, 0.29) is 5.91 Å². The summed E-state index contributed by atoms with van der Waals surface area (Å²) >= 11 is 0. The predicted octanol–water partition coefficient (Wildman–Crippen LogP) is 4.58. The molecule has 5 nitrogen and oxygen atoms in total. The highest BCUT2D eigenvalue weighted by Crippen LogP contribution is 2.24. The van der Waals surface area contributed by atoms with Crippen LogP contribution in [-0.4, -0.2) is 16.1 Å². The van der Waals surface area contributed by atoms with Crippen molar-refractivity contribution in [1.29, 1.82) is 0 Å². The van der Waals surface area contributed by atoms with Gasteiger partial charge >= 0.3 is 0 Å². The van der Waals surface area contributed by atoms with Crippen molar-refractivity contribution in [2.45, 2.75) is 6.42 Å². The molecule has 0 unspecified atom stereocenters. The average molecular weight is 355 g/mol. The quantitative estimate of drug-likeness (QED) is 0.569. The van der Waals surface area contributed by atoms with Crippen LogP contribution in [0.25, 0.3) is 22.9 Å². The minimum absolute atomic E-state index is 0.0573. The Morgan fingerprint density at radius 3 is 1.93 bits per heavy atom. The molecule has 27 heavy (non-hydrogen) atoms. The normalized spacial score (nSPS) is 10.5. The Bertz CT molecular complexity index is 1030. The van der Waals surface area contributed by atoms with Gasteiger partial charge in [0.2, 0.25) is 17.7 Å². The molecule has 4 aromatic rings. The van der Waals surface area contributed by atoms with Crippen LogP contribution in [0.15, 0.2) is 89.3 Å². The molecule has 1 heterocycles. The molecule has 0 radical (unpaired) electrons. The minimum Gasteiger partial charge on any atom is -0.416 e. The maximum atomic E-state index is 12.1. The van der Waals surface area contributed by atoms with Crippen LogP contribution in [0, 0.1) is 0 Å². The number of rotatable bonds is 5. The summed E-state index contributed by atoms with van der Waals surface area (Å²) in [5.41, 5.74) is 3.38. The molecule has 0 aliphatic rings. The Morgan fingerprint density at radius 2 is 1.30 bits per heavy atom. The molecule has 0 aliphatic carbocycles. The number of hydrogen-bond acceptors (Lipinski definition) is 4. The van der Waals surface area contributed by atoms with E-state index in [1.54, 1.807) is 0 Å². The van der Waals surface area contributed by atoms with Crippen LogP contribution in [0.3, 0.4) is 0 Å². The molecule has 0 aliphatic heterocycles. The largest absolute Gasteiger partial charge is 0.416 e. The molecule has 0 bridgehead atoms. The molecular weight excluding hydrogens is 338 g/mol. The van der Waals surface area contributed by atoms with E-state index in [1.165, 1.54) is 0 Å². The fourth-order valence-electron chi connectivity index (χ4n) is 2.72. The van der Waals surface area contributed by atoms with E-state index in [4.69, 9.17) is 4.42 Å². The van der Waals surface area contributed by atoms with Crippen LogP contribution in [0.5, 0.6) is 0 Å². The summed E-state index contributed by atoms with van der Waals surface area (Å²) in [6, 6.07) is 26.6. The number of nitrogens with one attached hydrogen (secondary N) is 1. The van der Waals surface area contributed by atoms with Crippen molar-refractivity contribution in [3.8, 4) is 22.9 Å². The summed E-state index contributed by atoms with van der Waals surface area (Å²) in [7, 11) is 0. The van der Waals surface area contributed by atoms with E-state index >= 15 is 0 Å². The van der Waals surface area contributed by atoms with E-state index in [1.807, 2.05) is 84.9 Å². The highest BCUT2D eigenvalue weighted by molar-refractivity contribution is 5.92. The van der Waals surface area contributed by atoms with E-state index in [0.717, 1.165) is 22.4 Å². The lowest BCUT2D eigenvalue weighted by molar-refractivity contribution is -0.115. The molecule has 5 heteroatoms. The summed E-state index contributed by atoms with van der Waals surface area (Å²) in [6.07, 6.45) is 0.340. The molecule has 0 saturated heterocycles. The van der Waals surface area contributed by atoms with Gasteiger partial charge in [-0.25, -0.2) is 0 Å². The zero-order chi connectivity index (χ0) is 18.5. The fourth-order valence-corrected chi connectivity index (χ4v) is 2.72. The molecule has 4 rings (SSSR count). The van der Waals surface area contributed by atoms with Crippen LogP contribution in [0.4, 0.5) is 5.69 Å². The summed E-state index contributed by atoms with van der Waals surface area (Å²) in [4.78, 5) is 12.1. The molecule has 0 spiro atoms. The molecule has 0 saturated carbocycles. The second-order valence-electron chi connectivity index (χ2n) is 6.07.